The molecule has 0 radical (unpaired) electrons. The quantitative estimate of drug-likeness (QED) is 0.465. The Labute approximate surface area is 111 Å². The summed E-state index contributed by atoms with van der Waals surface area (Å²) in [5, 5.41) is 10.8. The van der Waals surface area contributed by atoms with Crippen molar-refractivity contribution in [3.05, 3.63) is 33.9 Å². The monoisotopic (exact) mass is 267 g/mol. The summed E-state index contributed by atoms with van der Waals surface area (Å²) in [6.07, 6.45) is 0. The van der Waals surface area contributed by atoms with Crippen LogP contribution in [0.1, 0.15) is 26.3 Å². The molecule has 6 heteroatoms. The summed E-state index contributed by atoms with van der Waals surface area (Å²) in [5.41, 5.74) is -0.419. The number of nitro groups is 1. The lowest BCUT2D eigenvalue weighted by Gasteiger charge is -2.23. The Balaban J connectivity index is 3.21. The molecule has 19 heavy (non-hydrogen) atoms. The fourth-order valence-corrected chi connectivity index (χ4v) is 1.65. The highest BCUT2D eigenvalue weighted by Crippen LogP contribution is 2.33. The molecule has 0 aliphatic rings. The minimum Gasteiger partial charge on any atom is -0.490 e. The SMILES string of the molecule is CCOC(=O)C(C)(C)c1ccc([N+](=O)[O-])c(OC)c1. The van der Waals surface area contributed by atoms with Gasteiger partial charge >= 0.3 is 11.7 Å². The molecule has 0 unspecified atom stereocenters. The van der Waals surface area contributed by atoms with E-state index in [1.54, 1.807) is 20.8 Å². The predicted molar refractivity (Wildman–Crippen MR) is 69.3 cm³/mol. The summed E-state index contributed by atoms with van der Waals surface area (Å²) < 4.78 is 9.99. The zero-order valence-electron chi connectivity index (χ0n) is 11.4. The van der Waals surface area contributed by atoms with Crippen LogP contribution in [0.2, 0.25) is 0 Å². The molecule has 6 nitrogen and oxygen atoms in total. The third-order valence-electron chi connectivity index (χ3n) is 2.88. The lowest BCUT2D eigenvalue weighted by molar-refractivity contribution is -0.385. The molecule has 0 saturated carbocycles. The largest absolute Gasteiger partial charge is 0.490 e. The molecule has 0 spiro atoms. The van der Waals surface area contributed by atoms with Crippen molar-refractivity contribution in [1.29, 1.82) is 0 Å². The van der Waals surface area contributed by atoms with Gasteiger partial charge in [0, 0.05) is 6.07 Å². The van der Waals surface area contributed by atoms with Crippen LogP contribution < -0.4 is 4.74 Å². The van der Waals surface area contributed by atoms with Crippen LogP contribution in [0, 0.1) is 10.1 Å². The van der Waals surface area contributed by atoms with E-state index >= 15 is 0 Å². The minimum absolute atomic E-state index is 0.125. The van der Waals surface area contributed by atoms with Gasteiger partial charge in [0.15, 0.2) is 5.75 Å². The summed E-state index contributed by atoms with van der Waals surface area (Å²) >= 11 is 0. The first kappa shape index (κ1) is 14.9. The summed E-state index contributed by atoms with van der Waals surface area (Å²) in [6, 6.07) is 4.36. The number of hydrogen-bond donors (Lipinski definition) is 0. The minimum atomic E-state index is -0.890. The summed E-state index contributed by atoms with van der Waals surface area (Å²) in [5.74, 6) is -0.259. The molecular weight excluding hydrogens is 250 g/mol. The molecule has 1 aromatic carbocycles. The van der Waals surface area contributed by atoms with Gasteiger partial charge in [-0.15, -0.1) is 0 Å². The Bertz CT molecular complexity index is 496. The van der Waals surface area contributed by atoms with Crippen LogP contribution in [0.5, 0.6) is 5.75 Å². The highest BCUT2D eigenvalue weighted by Gasteiger charge is 2.33. The van der Waals surface area contributed by atoms with Crippen molar-refractivity contribution in [2.75, 3.05) is 13.7 Å². The first-order chi connectivity index (χ1) is 8.84. The van der Waals surface area contributed by atoms with Crippen LogP contribution in [0.15, 0.2) is 18.2 Å². The number of esters is 1. The molecule has 104 valence electrons. The first-order valence-corrected chi connectivity index (χ1v) is 5.84. The van der Waals surface area contributed by atoms with E-state index in [9.17, 15) is 14.9 Å². The molecule has 1 rings (SSSR count). The maximum absolute atomic E-state index is 11.9. The van der Waals surface area contributed by atoms with Gasteiger partial charge in [-0.05, 0) is 32.4 Å². The van der Waals surface area contributed by atoms with Gasteiger partial charge in [0.2, 0.25) is 0 Å². The van der Waals surface area contributed by atoms with Gasteiger partial charge in [-0.3, -0.25) is 14.9 Å². The number of nitro benzene ring substituents is 1. The fourth-order valence-electron chi connectivity index (χ4n) is 1.65. The molecule has 0 amide bonds. The Kier molecular flexibility index (Phi) is 4.47. The zero-order chi connectivity index (χ0) is 14.6. The normalized spacial score (nSPS) is 10.9. The van der Waals surface area contributed by atoms with Gasteiger partial charge in [-0.1, -0.05) is 6.07 Å². The van der Waals surface area contributed by atoms with Crippen molar-refractivity contribution < 1.29 is 19.2 Å². The van der Waals surface area contributed by atoms with Gasteiger partial charge < -0.3 is 9.47 Å². The number of carbonyl (C=O) groups is 1. The predicted octanol–water partition coefficient (Wildman–Crippen LogP) is 2.44. The van der Waals surface area contributed by atoms with E-state index in [0.29, 0.717) is 5.56 Å². The zero-order valence-corrected chi connectivity index (χ0v) is 11.4. The molecule has 0 aliphatic carbocycles. The van der Waals surface area contributed by atoms with Gasteiger partial charge in [0.1, 0.15) is 0 Å². The number of benzene rings is 1. The topological polar surface area (TPSA) is 78.7 Å². The number of nitrogens with zero attached hydrogens (tertiary/aromatic N) is 1. The van der Waals surface area contributed by atoms with Crippen molar-refractivity contribution >= 4 is 11.7 Å². The van der Waals surface area contributed by atoms with Crippen molar-refractivity contribution in [1.82, 2.24) is 0 Å². The van der Waals surface area contributed by atoms with Crippen LogP contribution in [-0.2, 0) is 14.9 Å². The van der Waals surface area contributed by atoms with E-state index in [2.05, 4.69) is 0 Å². The molecule has 0 atom stereocenters. The second-order valence-corrected chi connectivity index (χ2v) is 4.49. The fraction of sp³-hybridized carbons (Fsp3) is 0.462. The molecule has 0 bridgehead atoms. The molecule has 1 aromatic rings. The lowest BCUT2D eigenvalue weighted by atomic mass is 9.84. The van der Waals surface area contributed by atoms with Crippen molar-refractivity contribution in [3.63, 3.8) is 0 Å². The average Bonchev–Trinajstić information content (AvgIpc) is 2.37. The number of hydrogen-bond acceptors (Lipinski definition) is 5. The van der Waals surface area contributed by atoms with Crippen LogP contribution in [0.25, 0.3) is 0 Å². The van der Waals surface area contributed by atoms with Crippen LogP contribution in [0.3, 0.4) is 0 Å². The van der Waals surface area contributed by atoms with Gasteiger partial charge in [-0.25, -0.2) is 0 Å². The van der Waals surface area contributed by atoms with E-state index < -0.39 is 10.3 Å². The summed E-state index contributed by atoms with van der Waals surface area (Å²) in [4.78, 5) is 22.2. The first-order valence-electron chi connectivity index (χ1n) is 5.84. The van der Waals surface area contributed by atoms with Gasteiger partial charge in [-0.2, -0.15) is 0 Å². The standard InChI is InChI=1S/C13H17NO5/c1-5-19-12(15)13(2,3)9-6-7-10(14(16)17)11(8-9)18-4/h6-8H,5H2,1-4H3. The van der Waals surface area contributed by atoms with Crippen molar-refractivity contribution in [2.24, 2.45) is 0 Å². The molecule has 0 saturated heterocycles. The van der Waals surface area contributed by atoms with Gasteiger partial charge in [0.25, 0.3) is 0 Å². The van der Waals surface area contributed by atoms with E-state index in [0.717, 1.165) is 0 Å². The van der Waals surface area contributed by atoms with E-state index in [-0.39, 0.29) is 24.0 Å². The molecule has 0 fully saturated rings. The van der Waals surface area contributed by atoms with Gasteiger partial charge in [0.05, 0.1) is 24.1 Å². The average molecular weight is 267 g/mol. The Morgan fingerprint density at radius 2 is 2.05 bits per heavy atom. The maximum atomic E-state index is 11.9. The highest BCUT2D eigenvalue weighted by molar-refractivity contribution is 5.82. The lowest BCUT2D eigenvalue weighted by Crippen LogP contribution is -2.31. The van der Waals surface area contributed by atoms with Crippen molar-refractivity contribution in [2.45, 2.75) is 26.2 Å². The second-order valence-electron chi connectivity index (χ2n) is 4.49. The molecule has 0 aromatic heterocycles. The molecule has 0 aliphatic heterocycles. The van der Waals surface area contributed by atoms with Crippen molar-refractivity contribution in [3.8, 4) is 5.75 Å². The number of methoxy groups -OCH3 is 1. The van der Waals surface area contributed by atoms with Crippen LogP contribution >= 0.6 is 0 Å². The summed E-state index contributed by atoms with van der Waals surface area (Å²) in [7, 11) is 1.35. The third-order valence-corrected chi connectivity index (χ3v) is 2.88. The second kappa shape index (κ2) is 5.69. The van der Waals surface area contributed by atoms with Crippen LogP contribution in [0.4, 0.5) is 5.69 Å². The summed E-state index contributed by atoms with van der Waals surface area (Å²) in [6.45, 7) is 5.41. The number of ether oxygens (including phenoxy) is 2. The molecular formula is C13H17NO5. The smallest absolute Gasteiger partial charge is 0.315 e. The number of carbonyl (C=O) groups excluding carboxylic acids is 1. The highest BCUT2D eigenvalue weighted by atomic mass is 16.6. The Morgan fingerprint density at radius 3 is 2.53 bits per heavy atom. The Hall–Kier alpha value is -2.11. The van der Waals surface area contributed by atoms with Crippen LogP contribution in [-0.4, -0.2) is 24.6 Å². The van der Waals surface area contributed by atoms with E-state index in [4.69, 9.17) is 9.47 Å². The number of rotatable bonds is 5. The van der Waals surface area contributed by atoms with E-state index in [1.165, 1.54) is 25.3 Å². The maximum Gasteiger partial charge on any atom is 0.315 e. The third kappa shape index (κ3) is 3.01. The Morgan fingerprint density at radius 1 is 1.42 bits per heavy atom. The molecule has 0 N–H and O–H groups in total. The molecule has 0 heterocycles. The van der Waals surface area contributed by atoms with E-state index in [1.807, 2.05) is 0 Å².